The largest absolute Gasteiger partial charge is 0.335 e. The molecule has 0 radical (unpaired) electrons. The fraction of sp³-hybridized carbons (Fsp3) is 1.00. The van der Waals surface area contributed by atoms with Crippen LogP contribution in [0.4, 0.5) is 0 Å². The third-order valence-corrected chi connectivity index (χ3v) is 1.58. The molecule has 1 fully saturated rings. The summed E-state index contributed by atoms with van der Waals surface area (Å²) >= 11 is 0. The Morgan fingerprint density at radius 3 is 1.00 bits per heavy atom. The normalized spacial score (nSPS) is 30.8. The fourth-order valence-corrected chi connectivity index (χ4v) is 0.958. The van der Waals surface area contributed by atoms with Gasteiger partial charge in [-0.15, -0.1) is 0 Å². The van der Waals surface area contributed by atoms with Crippen molar-refractivity contribution in [3.63, 3.8) is 0 Å². The molecule has 0 unspecified atom stereocenters. The van der Waals surface area contributed by atoms with Crippen molar-refractivity contribution in [2.45, 2.75) is 18.9 Å². The predicted octanol–water partition coefficient (Wildman–Crippen LogP) is -2.55. The number of nitrogens with zero attached hydrogens (tertiary/aromatic N) is 3. The molecule has 1 heterocycles. The summed E-state index contributed by atoms with van der Waals surface area (Å²) in [4.78, 5) is 28.1. The monoisotopic (exact) mass is 222 g/mol. The van der Waals surface area contributed by atoms with E-state index < -0.39 is 33.6 Å². The third-order valence-electron chi connectivity index (χ3n) is 1.58. The highest BCUT2D eigenvalue weighted by atomic mass is 16.7. The minimum Gasteiger partial charge on any atom is -0.262 e. The lowest BCUT2D eigenvalue weighted by Crippen LogP contribution is -2.73. The molecule has 0 aromatic carbocycles. The number of nitro groups is 3. The lowest BCUT2D eigenvalue weighted by Gasteiger charge is -2.24. The van der Waals surface area contributed by atoms with Gasteiger partial charge in [-0.05, 0) is 0 Å². The van der Waals surface area contributed by atoms with Gasteiger partial charge in [-0.1, -0.05) is 0 Å². The zero-order chi connectivity index (χ0) is 11.6. The molecule has 0 atom stereocenters. The molecule has 15 heavy (non-hydrogen) atoms. The second kappa shape index (κ2) is 4.07. The summed E-state index contributed by atoms with van der Waals surface area (Å²) in [5.41, 5.74) is 0. The first-order valence-corrected chi connectivity index (χ1v) is 3.60. The molecule has 0 saturated carbocycles. The summed E-state index contributed by atoms with van der Waals surface area (Å²) in [5.74, 6) is 0. The Morgan fingerprint density at radius 1 is 0.667 bits per heavy atom. The van der Waals surface area contributed by atoms with Gasteiger partial charge in [-0.2, -0.15) is 16.0 Å². The van der Waals surface area contributed by atoms with Crippen molar-refractivity contribution < 1.29 is 14.8 Å². The molecule has 1 aliphatic heterocycles. The molecule has 1 aliphatic rings. The van der Waals surface area contributed by atoms with Crippen LogP contribution in [-0.2, 0) is 0 Å². The Labute approximate surface area is 81.1 Å². The van der Waals surface area contributed by atoms with Crippen molar-refractivity contribution in [3.05, 3.63) is 30.3 Å². The van der Waals surface area contributed by atoms with Crippen LogP contribution in [-0.4, -0.2) is 33.6 Å². The van der Waals surface area contributed by atoms with Gasteiger partial charge in [0.2, 0.25) is 0 Å². The van der Waals surface area contributed by atoms with Crippen molar-refractivity contribution in [1.29, 1.82) is 0 Å². The molecule has 12 heteroatoms. The summed E-state index contributed by atoms with van der Waals surface area (Å²) in [5, 5.41) is 36.6. The quantitative estimate of drug-likeness (QED) is 0.344. The van der Waals surface area contributed by atoms with Crippen LogP contribution in [0.3, 0.4) is 0 Å². The van der Waals surface area contributed by atoms with E-state index in [1.54, 1.807) is 0 Å². The van der Waals surface area contributed by atoms with Gasteiger partial charge in [-0.25, -0.2) is 0 Å². The second-order valence-corrected chi connectivity index (χ2v) is 2.56. The molecular weight excluding hydrogens is 216 g/mol. The second-order valence-electron chi connectivity index (χ2n) is 2.56. The van der Waals surface area contributed by atoms with Gasteiger partial charge < -0.3 is 0 Å². The van der Waals surface area contributed by atoms with Gasteiger partial charge in [0.15, 0.2) is 0 Å². The lowest BCUT2D eigenvalue weighted by molar-refractivity contribution is -0.630. The zero-order valence-corrected chi connectivity index (χ0v) is 7.02. The Kier molecular flexibility index (Phi) is 3.03. The van der Waals surface area contributed by atoms with E-state index in [1.807, 2.05) is 16.0 Å². The molecule has 84 valence electrons. The van der Waals surface area contributed by atoms with Gasteiger partial charge in [0, 0.05) is 0 Å². The minimum atomic E-state index is -1.74. The molecule has 0 amide bonds. The molecule has 0 bridgehead atoms. The predicted molar refractivity (Wildman–Crippen MR) is 41.8 cm³/mol. The summed E-state index contributed by atoms with van der Waals surface area (Å²) in [7, 11) is 0. The molecule has 1 saturated heterocycles. The number of hydrogen-bond donors (Lipinski definition) is 3. The maximum absolute atomic E-state index is 10.3. The molecule has 1 rings (SSSR count). The van der Waals surface area contributed by atoms with Crippen LogP contribution in [0.2, 0.25) is 0 Å². The highest BCUT2D eigenvalue weighted by Crippen LogP contribution is 1.96. The Balaban J connectivity index is 2.77. The molecule has 0 aliphatic carbocycles. The molecule has 0 aromatic heterocycles. The Bertz CT molecular complexity index is 252. The standard InChI is InChI=1S/C3H6N6O6/c10-7(11)1-4-2(8(12)13)6-3(5-1)9(14)15/h1-6H. The number of rotatable bonds is 3. The van der Waals surface area contributed by atoms with Gasteiger partial charge >= 0.3 is 18.9 Å². The lowest BCUT2D eigenvalue weighted by atomic mass is 10.5. The first-order valence-electron chi connectivity index (χ1n) is 3.60. The van der Waals surface area contributed by atoms with Gasteiger partial charge in [0.1, 0.15) is 0 Å². The molecule has 0 aromatic rings. The minimum absolute atomic E-state index is 0.937. The molecule has 0 spiro atoms. The average molecular weight is 222 g/mol. The van der Waals surface area contributed by atoms with Crippen LogP contribution < -0.4 is 16.0 Å². The topological polar surface area (TPSA) is 166 Å². The SMILES string of the molecule is O=[N+]([O-])C1NC([N+](=O)[O-])NC([N+](=O)[O-])N1. The smallest absolute Gasteiger partial charge is 0.262 e. The fourth-order valence-electron chi connectivity index (χ4n) is 0.958. The van der Waals surface area contributed by atoms with Crippen molar-refractivity contribution in [3.8, 4) is 0 Å². The van der Waals surface area contributed by atoms with E-state index in [2.05, 4.69) is 0 Å². The first-order chi connectivity index (χ1) is 6.91. The number of hydrogen-bond acceptors (Lipinski definition) is 9. The van der Waals surface area contributed by atoms with Crippen LogP contribution >= 0.6 is 0 Å². The Hall–Kier alpha value is -1.92. The third kappa shape index (κ3) is 2.52. The van der Waals surface area contributed by atoms with E-state index in [4.69, 9.17) is 0 Å². The van der Waals surface area contributed by atoms with Crippen LogP contribution in [0, 0.1) is 30.3 Å². The molecular formula is C3H6N6O6. The van der Waals surface area contributed by atoms with Gasteiger partial charge in [0.05, 0.1) is 14.8 Å². The summed E-state index contributed by atoms with van der Waals surface area (Å²) in [6.45, 7) is 0. The maximum Gasteiger partial charge on any atom is 0.335 e. The molecule has 12 nitrogen and oxygen atoms in total. The van der Waals surface area contributed by atoms with Crippen molar-refractivity contribution >= 4 is 0 Å². The van der Waals surface area contributed by atoms with E-state index >= 15 is 0 Å². The van der Waals surface area contributed by atoms with Crippen LogP contribution in [0.5, 0.6) is 0 Å². The summed E-state index contributed by atoms with van der Waals surface area (Å²) in [6.07, 6.45) is -5.22. The Morgan fingerprint density at radius 2 is 0.867 bits per heavy atom. The summed E-state index contributed by atoms with van der Waals surface area (Å²) in [6, 6.07) is 0. The van der Waals surface area contributed by atoms with Crippen molar-refractivity contribution in [1.82, 2.24) is 16.0 Å². The average Bonchev–Trinajstić information content (AvgIpc) is 2.16. The maximum atomic E-state index is 10.3. The van der Waals surface area contributed by atoms with E-state index in [1.165, 1.54) is 0 Å². The van der Waals surface area contributed by atoms with Crippen LogP contribution in [0.1, 0.15) is 0 Å². The van der Waals surface area contributed by atoms with E-state index in [0.29, 0.717) is 0 Å². The van der Waals surface area contributed by atoms with E-state index in [-0.39, 0.29) is 0 Å². The number of nitrogens with one attached hydrogen (secondary N) is 3. The van der Waals surface area contributed by atoms with Crippen molar-refractivity contribution in [2.75, 3.05) is 0 Å². The summed E-state index contributed by atoms with van der Waals surface area (Å²) < 4.78 is 0. The highest BCUT2D eigenvalue weighted by molar-refractivity contribution is 4.66. The van der Waals surface area contributed by atoms with E-state index in [9.17, 15) is 30.3 Å². The van der Waals surface area contributed by atoms with E-state index in [0.717, 1.165) is 0 Å². The highest BCUT2D eigenvalue weighted by Gasteiger charge is 2.44. The van der Waals surface area contributed by atoms with Gasteiger partial charge in [0.25, 0.3) is 0 Å². The van der Waals surface area contributed by atoms with Crippen molar-refractivity contribution in [2.24, 2.45) is 0 Å². The first kappa shape index (κ1) is 11.2. The van der Waals surface area contributed by atoms with Crippen LogP contribution in [0.15, 0.2) is 0 Å². The van der Waals surface area contributed by atoms with Crippen LogP contribution in [0.25, 0.3) is 0 Å². The zero-order valence-electron chi connectivity index (χ0n) is 7.02. The molecule has 3 N–H and O–H groups in total. The van der Waals surface area contributed by atoms with Gasteiger partial charge in [-0.3, -0.25) is 30.3 Å².